The Morgan fingerprint density at radius 3 is 1.71 bits per heavy atom. The lowest BCUT2D eigenvalue weighted by molar-refractivity contribution is -0.400. The fourth-order valence-electron chi connectivity index (χ4n) is 3.33. The number of hydrogen-bond donors (Lipinski definition) is 1. The van der Waals surface area contributed by atoms with Gasteiger partial charge in [-0.05, 0) is 36.4 Å². The van der Waals surface area contributed by atoms with Crippen LogP contribution in [0.1, 0.15) is 0 Å². The Hall–Kier alpha value is -1.89. The molecule has 0 fully saturated rings. The van der Waals surface area contributed by atoms with Crippen molar-refractivity contribution in [3.05, 3.63) is 46.4 Å². The average Bonchev–Trinajstić information content (AvgIpc) is 2.98. The van der Waals surface area contributed by atoms with Crippen molar-refractivity contribution in [3.8, 4) is 0 Å². The van der Waals surface area contributed by atoms with Crippen LogP contribution >= 0.6 is 23.2 Å². The van der Waals surface area contributed by atoms with Crippen LogP contribution in [0.2, 0.25) is 10.0 Å². The predicted octanol–water partition coefficient (Wildman–Crippen LogP) is 6.95. The molecule has 0 aliphatic carbocycles. The molecular weight excluding hydrogens is 528 g/mol. The smallest absolute Gasteiger partial charge is 0.389 e. The largest absolute Gasteiger partial charge is 0.460 e. The van der Waals surface area contributed by atoms with E-state index in [1.165, 1.54) is 16.7 Å². The molecule has 0 saturated carbocycles. The molecule has 3 rings (SSSR count). The predicted molar refractivity (Wildman–Crippen MR) is 107 cm³/mol. The van der Waals surface area contributed by atoms with Crippen molar-refractivity contribution >= 4 is 45.0 Å². The van der Waals surface area contributed by atoms with E-state index < -0.39 is 43.3 Å². The Balaban J connectivity index is 1.76. The van der Waals surface area contributed by atoms with E-state index in [4.69, 9.17) is 23.2 Å². The van der Waals surface area contributed by atoms with E-state index in [9.17, 15) is 44.6 Å². The number of nitrogens with zero attached hydrogens (tertiary/aromatic N) is 1. The number of hydrogen-bond acceptors (Lipinski definition) is 2. The number of alkyl halides is 9. The summed E-state index contributed by atoms with van der Waals surface area (Å²) in [4.78, 5) is 0. The highest BCUT2D eigenvalue weighted by molar-refractivity contribution is 6.33. The quantitative estimate of drug-likeness (QED) is 0.313. The summed E-state index contributed by atoms with van der Waals surface area (Å²) < 4.78 is 122. The molecule has 0 saturated heterocycles. The van der Waals surface area contributed by atoms with Crippen LogP contribution in [0.25, 0.3) is 21.8 Å². The number of aliphatic hydroxyl groups is 1. The molecular formula is C20H14Cl2F9NO2. The molecule has 0 radical (unpaired) electrons. The number of aliphatic hydroxyl groups excluding tert-OH is 1. The normalized spacial score (nSPS) is 14.8. The van der Waals surface area contributed by atoms with Gasteiger partial charge in [0.1, 0.15) is 6.61 Å². The first-order valence-corrected chi connectivity index (χ1v) is 10.1. The molecule has 0 aliphatic rings. The molecule has 34 heavy (non-hydrogen) atoms. The van der Waals surface area contributed by atoms with Crippen LogP contribution in [0, 0.1) is 0 Å². The summed E-state index contributed by atoms with van der Waals surface area (Å²) in [7, 11) is 0. The lowest BCUT2D eigenvalue weighted by atomic mass is 10.0. The third kappa shape index (κ3) is 4.65. The summed E-state index contributed by atoms with van der Waals surface area (Å²) in [5.41, 5.74) is 1.06. The van der Waals surface area contributed by atoms with Crippen molar-refractivity contribution in [2.24, 2.45) is 0 Å². The van der Waals surface area contributed by atoms with Gasteiger partial charge in [-0.1, -0.05) is 23.2 Å². The van der Waals surface area contributed by atoms with Crippen molar-refractivity contribution in [3.63, 3.8) is 0 Å². The number of halogens is 11. The third-order valence-electron chi connectivity index (χ3n) is 4.99. The monoisotopic (exact) mass is 541 g/mol. The minimum absolute atomic E-state index is 0.329. The molecule has 0 spiro atoms. The van der Waals surface area contributed by atoms with Crippen molar-refractivity contribution in [2.75, 3.05) is 13.2 Å². The molecule has 14 heteroatoms. The zero-order valence-electron chi connectivity index (χ0n) is 16.6. The number of aromatic nitrogens is 1. The Labute approximate surface area is 195 Å². The number of rotatable bonds is 8. The average molecular weight is 542 g/mol. The highest BCUT2D eigenvalue weighted by Crippen LogP contribution is 2.53. The third-order valence-corrected chi connectivity index (χ3v) is 5.46. The summed E-state index contributed by atoms with van der Waals surface area (Å²) in [6.07, 6.45) is -8.54. The maximum atomic E-state index is 13.6. The van der Waals surface area contributed by atoms with Gasteiger partial charge in [-0.15, -0.1) is 0 Å². The lowest BCUT2D eigenvalue weighted by Crippen LogP contribution is -2.62. The first kappa shape index (κ1) is 26.7. The van der Waals surface area contributed by atoms with Gasteiger partial charge >= 0.3 is 23.9 Å². The van der Waals surface area contributed by atoms with Crippen LogP contribution in [0.15, 0.2) is 36.4 Å². The van der Waals surface area contributed by atoms with Gasteiger partial charge in [0, 0.05) is 31.9 Å². The van der Waals surface area contributed by atoms with Crippen LogP contribution in [-0.2, 0) is 11.3 Å². The van der Waals surface area contributed by atoms with Crippen LogP contribution in [0.4, 0.5) is 39.5 Å². The summed E-state index contributed by atoms with van der Waals surface area (Å²) in [5, 5.41) is 12.2. The van der Waals surface area contributed by atoms with Gasteiger partial charge in [-0.25, -0.2) is 0 Å². The lowest BCUT2D eigenvalue weighted by Gasteiger charge is -2.33. The van der Waals surface area contributed by atoms with Crippen LogP contribution < -0.4 is 0 Å². The summed E-state index contributed by atoms with van der Waals surface area (Å²) >= 11 is 12.0. The van der Waals surface area contributed by atoms with E-state index in [1.807, 2.05) is 0 Å². The standard InChI is InChI=1S/C20H14Cl2F9NO2/c21-10-1-3-15-13(5-10)14-6-11(22)2-4-16(14)32(15)7-12(33)8-34-9-17(23,24)18(25,26)19(27,28)20(29,30)31/h1-6,12,33H,7-9H2/t12-/m0/s1. The Kier molecular flexibility index (Phi) is 7.04. The van der Waals surface area contributed by atoms with Crippen LogP contribution in [-0.4, -0.2) is 52.9 Å². The van der Waals surface area contributed by atoms with Crippen molar-refractivity contribution < 1.29 is 49.4 Å². The molecule has 2 aromatic carbocycles. The minimum Gasteiger partial charge on any atom is -0.389 e. The molecule has 0 amide bonds. The zero-order chi connectivity index (χ0) is 25.7. The molecule has 0 aliphatic heterocycles. The van der Waals surface area contributed by atoms with Gasteiger partial charge in [0.05, 0.1) is 19.3 Å². The van der Waals surface area contributed by atoms with Gasteiger partial charge in [0.2, 0.25) is 0 Å². The highest BCUT2D eigenvalue weighted by atomic mass is 35.5. The second-order valence-electron chi connectivity index (χ2n) is 7.45. The van der Waals surface area contributed by atoms with E-state index in [1.54, 1.807) is 24.3 Å². The van der Waals surface area contributed by atoms with Crippen molar-refractivity contribution in [1.29, 1.82) is 0 Å². The Morgan fingerprint density at radius 1 is 0.794 bits per heavy atom. The van der Waals surface area contributed by atoms with Gasteiger partial charge in [-0.2, -0.15) is 39.5 Å². The van der Waals surface area contributed by atoms with Crippen LogP contribution in [0.5, 0.6) is 0 Å². The first-order chi connectivity index (χ1) is 15.5. The summed E-state index contributed by atoms with van der Waals surface area (Å²) in [6.45, 7) is -3.88. The maximum absolute atomic E-state index is 13.6. The van der Waals surface area contributed by atoms with Gasteiger partial charge in [0.15, 0.2) is 0 Å². The van der Waals surface area contributed by atoms with Crippen LogP contribution in [0.3, 0.4) is 0 Å². The second kappa shape index (κ2) is 8.96. The van der Waals surface area contributed by atoms with E-state index in [0.717, 1.165) is 0 Å². The summed E-state index contributed by atoms with van der Waals surface area (Å²) in [5.74, 6) is -19.7. The van der Waals surface area contributed by atoms with E-state index in [2.05, 4.69) is 4.74 Å². The first-order valence-electron chi connectivity index (χ1n) is 9.32. The highest BCUT2D eigenvalue weighted by Gasteiger charge is 2.81. The topological polar surface area (TPSA) is 34.4 Å². The molecule has 3 nitrogen and oxygen atoms in total. The van der Waals surface area contributed by atoms with E-state index in [-0.39, 0.29) is 6.54 Å². The number of fused-ring (bicyclic) bond motifs is 3. The molecule has 0 bridgehead atoms. The second-order valence-corrected chi connectivity index (χ2v) is 8.33. The van der Waals surface area contributed by atoms with Crippen molar-refractivity contribution in [1.82, 2.24) is 4.57 Å². The molecule has 1 atom stereocenters. The summed E-state index contributed by atoms with van der Waals surface area (Å²) in [6, 6.07) is 9.47. The Morgan fingerprint density at radius 2 is 1.26 bits per heavy atom. The van der Waals surface area contributed by atoms with E-state index in [0.29, 0.717) is 31.9 Å². The van der Waals surface area contributed by atoms with Gasteiger partial charge in [-0.3, -0.25) is 0 Å². The maximum Gasteiger partial charge on any atom is 0.460 e. The van der Waals surface area contributed by atoms with E-state index >= 15 is 0 Å². The van der Waals surface area contributed by atoms with Gasteiger partial charge in [0.25, 0.3) is 0 Å². The molecule has 1 N–H and O–H groups in total. The zero-order valence-corrected chi connectivity index (χ0v) is 18.1. The fraction of sp³-hybridized carbons (Fsp3) is 0.400. The fourth-order valence-corrected chi connectivity index (χ4v) is 3.67. The molecule has 3 aromatic rings. The van der Waals surface area contributed by atoms with Crippen molar-refractivity contribution in [2.45, 2.75) is 36.6 Å². The Bertz CT molecular complexity index is 1130. The minimum atomic E-state index is -7.00. The molecule has 1 heterocycles. The number of ether oxygens (including phenoxy) is 1. The van der Waals surface area contributed by atoms with Gasteiger partial charge < -0.3 is 14.4 Å². The SMILES string of the molecule is O[C@H](COCC(F)(F)C(F)(F)C(F)(F)C(F)(F)F)Cn1c2ccc(Cl)cc2c2cc(Cl)ccc21. The number of benzene rings is 2. The molecule has 1 aromatic heterocycles. The molecule has 188 valence electrons. The molecule has 0 unspecified atom stereocenters.